The van der Waals surface area contributed by atoms with Crippen molar-refractivity contribution in [3.8, 4) is 0 Å². The van der Waals surface area contributed by atoms with Crippen LogP contribution in [-0.4, -0.2) is 14.3 Å². The molecule has 82 valence electrons. The van der Waals surface area contributed by atoms with Crippen molar-refractivity contribution >= 4 is 21.7 Å². The Hall–Kier alpha value is -1.60. The van der Waals surface area contributed by atoms with Gasteiger partial charge in [-0.2, -0.15) is 8.42 Å². The molecule has 0 bridgehead atoms. The van der Waals surface area contributed by atoms with E-state index in [9.17, 15) is 13.2 Å². The Kier molecular flexibility index (Phi) is 3.28. The lowest BCUT2D eigenvalue weighted by atomic mass is 10.3. The van der Waals surface area contributed by atoms with E-state index in [0.717, 1.165) is 6.92 Å². The maximum Gasteiger partial charge on any atom is 0.319 e. The third-order valence-corrected chi connectivity index (χ3v) is 2.70. The quantitative estimate of drug-likeness (QED) is 0.563. The first-order valence-corrected chi connectivity index (χ1v) is 5.39. The maximum atomic E-state index is 11.4. The minimum absolute atomic E-state index is 0.0582. The predicted octanol–water partition coefficient (Wildman–Crippen LogP) is 0.0252. The molecular formula is C8H10N2O4S. The molecule has 1 aromatic rings. The van der Waals surface area contributed by atoms with E-state index in [2.05, 4.69) is 4.28 Å². The summed E-state index contributed by atoms with van der Waals surface area (Å²) >= 11 is 0. The zero-order chi connectivity index (χ0) is 11.5. The van der Waals surface area contributed by atoms with Gasteiger partial charge in [-0.25, -0.2) is 5.48 Å². The van der Waals surface area contributed by atoms with Crippen LogP contribution in [-0.2, 0) is 19.2 Å². The first-order valence-electron chi connectivity index (χ1n) is 3.98. The van der Waals surface area contributed by atoms with Crippen LogP contribution < -0.4 is 11.2 Å². The zero-order valence-electron chi connectivity index (χ0n) is 7.93. The summed E-state index contributed by atoms with van der Waals surface area (Å²) in [4.78, 5) is 10.3. The van der Waals surface area contributed by atoms with Gasteiger partial charge in [0.15, 0.2) is 0 Å². The Morgan fingerprint density at radius 1 is 1.40 bits per heavy atom. The first kappa shape index (κ1) is 11.5. The van der Waals surface area contributed by atoms with E-state index in [1.807, 2.05) is 0 Å². The van der Waals surface area contributed by atoms with Gasteiger partial charge in [0.05, 0.1) is 5.69 Å². The molecular weight excluding hydrogens is 220 g/mol. The van der Waals surface area contributed by atoms with E-state index in [1.165, 1.54) is 18.2 Å². The molecule has 0 aliphatic rings. The van der Waals surface area contributed by atoms with Crippen LogP contribution in [0.2, 0.25) is 0 Å². The molecule has 6 nitrogen and oxygen atoms in total. The van der Waals surface area contributed by atoms with Crippen molar-refractivity contribution in [2.24, 2.45) is 0 Å². The number of amides is 1. The predicted molar refractivity (Wildman–Crippen MR) is 52.9 cm³/mol. The van der Waals surface area contributed by atoms with Gasteiger partial charge in [0.1, 0.15) is 4.90 Å². The SMILES string of the molecule is CC(=O)NOS(=O)(=O)c1ccccc1N. The fraction of sp³-hybridized carbons (Fsp3) is 0.125. The van der Waals surface area contributed by atoms with Crippen LogP contribution in [0.4, 0.5) is 5.69 Å². The fourth-order valence-corrected chi connectivity index (χ4v) is 1.79. The number of nitrogens with two attached hydrogens (primary N) is 1. The van der Waals surface area contributed by atoms with Crippen molar-refractivity contribution in [1.29, 1.82) is 0 Å². The number of hydrogen-bond acceptors (Lipinski definition) is 5. The van der Waals surface area contributed by atoms with Gasteiger partial charge in [0.25, 0.3) is 0 Å². The standard InChI is InChI=1S/C8H10N2O4S/c1-6(11)10-14-15(12,13)8-5-3-2-4-7(8)9/h2-5H,9H2,1H3,(H,10,11). The molecule has 15 heavy (non-hydrogen) atoms. The highest BCUT2D eigenvalue weighted by Crippen LogP contribution is 2.18. The Labute approximate surface area is 87.1 Å². The molecule has 0 aliphatic heterocycles. The van der Waals surface area contributed by atoms with Gasteiger partial charge in [0, 0.05) is 6.92 Å². The number of hydroxylamine groups is 1. The summed E-state index contributed by atoms with van der Waals surface area (Å²) < 4.78 is 27.1. The molecule has 0 aromatic heterocycles. The van der Waals surface area contributed by atoms with E-state index in [-0.39, 0.29) is 10.6 Å². The number of hydrogen-bond donors (Lipinski definition) is 2. The van der Waals surface area contributed by atoms with Crippen LogP contribution in [0.15, 0.2) is 29.2 Å². The molecule has 0 atom stereocenters. The largest absolute Gasteiger partial charge is 0.398 e. The molecule has 1 amide bonds. The average molecular weight is 230 g/mol. The Balaban J connectivity index is 2.97. The highest BCUT2D eigenvalue weighted by atomic mass is 32.2. The maximum absolute atomic E-state index is 11.4. The number of benzene rings is 1. The molecule has 0 heterocycles. The topological polar surface area (TPSA) is 98.5 Å². The van der Waals surface area contributed by atoms with Crippen LogP contribution in [0, 0.1) is 0 Å². The summed E-state index contributed by atoms with van der Waals surface area (Å²) in [5.74, 6) is -0.618. The molecule has 0 saturated carbocycles. The lowest BCUT2D eigenvalue weighted by molar-refractivity contribution is -0.125. The van der Waals surface area contributed by atoms with Crippen molar-refractivity contribution in [2.75, 3.05) is 5.73 Å². The summed E-state index contributed by atoms with van der Waals surface area (Å²) in [6.45, 7) is 1.13. The van der Waals surface area contributed by atoms with Gasteiger partial charge in [-0.3, -0.25) is 4.79 Å². The molecule has 0 unspecified atom stereocenters. The summed E-state index contributed by atoms with van der Waals surface area (Å²) in [6, 6.07) is 5.80. The minimum atomic E-state index is -4.04. The normalized spacial score (nSPS) is 11.0. The number of nitrogen functional groups attached to an aromatic ring is 1. The second-order valence-electron chi connectivity index (χ2n) is 2.73. The molecule has 0 fully saturated rings. The molecule has 0 saturated heterocycles. The van der Waals surface area contributed by atoms with Crippen molar-refractivity contribution in [2.45, 2.75) is 11.8 Å². The highest BCUT2D eigenvalue weighted by molar-refractivity contribution is 7.86. The molecule has 1 aromatic carbocycles. The molecule has 7 heteroatoms. The van der Waals surface area contributed by atoms with Crippen molar-refractivity contribution in [3.05, 3.63) is 24.3 Å². The second-order valence-corrected chi connectivity index (χ2v) is 4.25. The first-order chi connectivity index (χ1) is 6.93. The molecule has 0 radical (unpaired) electrons. The van der Waals surface area contributed by atoms with Crippen LogP contribution >= 0.6 is 0 Å². The number of para-hydroxylation sites is 1. The number of anilines is 1. The van der Waals surface area contributed by atoms with E-state index >= 15 is 0 Å². The van der Waals surface area contributed by atoms with Gasteiger partial charge in [0.2, 0.25) is 5.91 Å². The van der Waals surface area contributed by atoms with Gasteiger partial charge in [-0.05, 0) is 12.1 Å². The van der Waals surface area contributed by atoms with Gasteiger partial charge in [-0.1, -0.05) is 12.1 Å². The van der Waals surface area contributed by atoms with Crippen molar-refractivity contribution in [3.63, 3.8) is 0 Å². The van der Waals surface area contributed by atoms with Crippen molar-refractivity contribution in [1.82, 2.24) is 5.48 Å². The van der Waals surface area contributed by atoms with E-state index in [1.54, 1.807) is 11.5 Å². The molecule has 1 rings (SSSR count). The molecule has 0 aliphatic carbocycles. The van der Waals surface area contributed by atoms with E-state index in [0.29, 0.717) is 0 Å². The van der Waals surface area contributed by atoms with E-state index < -0.39 is 16.0 Å². The van der Waals surface area contributed by atoms with Gasteiger partial charge in [-0.15, -0.1) is 4.28 Å². The Bertz CT molecular complexity index is 469. The minimum Gasteiger partial charge on any atom is -0.398 e. The zero-order valence-corrected chi connectivity index (χ0v) is 8.74. The summed E-state index contributed by atoms with van der Waals surface area (Å²) in [5.41, 5.74) is 7.23. The summed E-state index contributed by atoms with van der Waals surface area (Å²) in [6.07, 6.45) is 0. The number of carbonyl (C=O) groups excluding carboxylic acids is 1. The Morgan fingerprint density at radius 2 is 2.00 bits per heavy atom. The van der Waals surface area contributed by atoms with Crippen molar-refractivity contribution < 1.29 is 17.5 Å². The highest BCUT2D eigenvalue weighted by Gasteiger charge is 2.18. The summed E-state index contributed by atoms with van der Waals surface area (Å²) in [7, 11) is -4.04. The lowest BCUT2D eigenvalue weighted by Gasteiger charge is -2.06. The van der Waals surface area contributed by atoms with Crippen LogP contribution in [0.5, 0.6) is 0 Å². The molecule has 0 spiro atoms. The monoisotopic (exact) mass is 230 g/mol. The lowest BCUT2D eigenvalue weighted by Crippen LogP contribution is -2.25. The Morgan fingerprint density at radius 3 is 2.53 bits per heavy atom. The van der Waals surface area contributed by atoms with Crippen LogP contribution in [0.3, 0.4) is 0 Å². The smallest absolute Gasteiger partial charge is 0.319 e. The van der Waals surface area contributed by atoms with Gasteiger partial charge >= 0.3 is 10.1 Å². The number of carbonyl (C=O) groups is 1. The third-order valence-electron chi connectivity index (χ3n) is 1.48. The summed E-state index contributed by atoms with van der Waals surface area (Å²) in [5, 5.41) is 0. The number of rotatable bonds is 3. The molecule has 3 N–H and O–H groups in total. The van der Waals surface area contributed by atoms with Crippen LogP contribution in [0.1, 0.15) is 6.92 Å². The number of nitrogens with one attached hydrogen (secondary N) is 1. The van der Waals surface area contributed by atoms with Gasteiger partial charge < -0.3 is 5.73 Å². The van der Waals surface area contributed by atoms with E-state index in [4.69, 9.17) is 5.73 Å². The second kappa shape index (κ2) is 4.28. The third kappa shape index (κ3) is 2.93. The fourth-order valence-electron chi connectivity index (χ4n) is 0.867. The van der Waals surface area contributed by atoms with Crippen LogP contribution in [0.25, 0.3) is 0 Å². The average Bonchev–Trinajstić information content (AvgIpc) is 2.15.